The lowest BCUT2D eigenvalue weighted by Gasteiger charge is -2.47. The highest BCUT2D eigenvalue weighted by Gasteiger charge is 2.44. The highest BCUT2D eigenvalue weighted by molar-refractivity contribution is 9.10. The summed E-state index contributed by atoms with van der Waals surface area (Å²) in [5.74, 6) is 0.846. The van der Waals surface area contributed by atoms with Gasteiger partial charge >= 0.3 is 0 Å². The van der Waals surface area contributed by atoms with Crippen LogP contribution in [-0.4, -0.2) is 35.2 Å². The van der Waals surface area contributed by atoms with Gasteiger partial charge in [0, 0.05) is 35.5 Å². The van der Waals surface area contributed by atoms with Crippen molar-refractivity contribution in [2.75, 3.05) is 13.6 Å². The molecule has 0 radical (unpaired) electrons. The zero-order valence-electron chi connectivity index (χ0n) is 11.4. The first-order valence-electron chi connectivity index (χ1n) is 6.86. The summed E-state index contributed by atoms with van der Waals surface area (Å²) in [6, 6.07) is 6.40. The molecule has 0 bridgehead atoms. The Morgan fingerprint density at radius 1 is 1.42 bits per heavy atom. The number of aliphatic hydroxyl groups is 1. The number of benzene rings is 1. The third-order valence-corrected chi connectivity index (χ3v) is 5.06. The maximum Gasteiger partial charge on any atom is 0.126 e. The monoisotopic (exact) mass is 325 g/mol. The number of hydrogen-bond acceptors (Lipinski definition) is 3. The van der Waals surface area contributed by atoms with Crippen LogP contribution in [0.2, 0.25) is 0 Å². The summed E-state index contributed by atoms with van der Waals surface area (Å²) < 4.78 is 7.28. The van der Waals surface area contributed by atoms with Crippen molar-refractivity contribution in [2.24, 2.45) is 0 Å². The highest BCUT2D eigenvalue weighted by Crippen LogP contribution is 2.45. The van der Waals surface area contributed by atoms with Gasteiger partial charge in [0.1, 0.15) is 11.4 Å². The molecule has 1 aromatic rings. The van der Waals surface area contributed by atoms with Gasteiger partial charge in [-0.1, -0.05) is 15.9 Å². The second kappa shape index (κ2) is 4.76. The third kappa shape index (κ3) is 2.41. The Morgan fingerprint density at radius 3 is 2.95 bits per heavy atom. The molecule has 104 valence electrons. The third-order valence-electron chi connectivity index (χ3n) is 4.56. The van der Waals surface area contributed by atoms with Gasteiger partial charge in [0.25, 0.3) is 0 Å². The minimum absolute atomic E-state index is 0.188. The molecule has 0 saturated carbocycles. The number of halogens is 1. The van der Waals surface area contributed by atoms with Crippen molar-refractivity contribution in [3.8, 4) is 5.75 Å². The summed E-state index contributed by atoms with van der Waals surface area (Å²) in [5, 5.41) is 10.4. The van der Waals surface area contributed by atoms with E-state index in [1.807, 2.05) is 18.2 Å². The Kier molecular flexibility index (Phi) is 3.36. The average molecular weight is 326 g/mol. The molecule has 2 aliphatic heterocycles. The van der Waals surface area contributed by atoms with Crippen molar-refractivity contribution >= 4 is 15.9 Å². The number of ether oxygens (including phenoxy) is 1. The van der Waals surface area contributed by atoms with Gasteiger partial charge in [0.15, 0.2) is 0 Å². The Bertz CT molecular complexity index is 493. The fourth-order valence-corrected chi connectivity index (χ4v) is 3.66. The molecule has 1 saturated heterocycles. The molecule has 19 heavy (non-hydrogen) atoms. The van der Waals surface area contributed by atoms with Gasteiger partial charge in [-0.15, -0.1) is 0 Å². The molecule has 0 aromatic heterocycles. The number of fused-ring (bicyclic) bond motifs is 1. The molecule has 2 unspecified atom stereocenters. The topological polar surface area (TPSA) is 32.7 Å². The molecule has 1 N–H and O–H groups in total. The number of piperidine rings is 1. The summed E-state index contributed by atoms with van der Waals surface area (Å²) in [6.45, 7) is 3.26. The van der Waals surface area contributed by atoms with Crippen molar-refractivity contribution < 1.29 is 9.84 Å². The first-order chi connectivity index (χ1) is 8.99. The summed E-state index contributed by atoms with van der Waals surface area (Å²) in [5.41, 5.74) is 0.721. The van der Waals surface area contributed by atoms with E-state index in [4.69, 9.17) is 4.74 Å². The zero-order valence-corrected chi connectivity index (χ0v) is 13.0. The zero-order chi connectivity index (χ0) is 13.6. The Hall–Kier alpha value is -0.580. The number of nitrogens with zero attached hydrogens (tertiary/aromatic N) is 1. The molecule has 2 heterocycles. The molecular formula is C15H20BrNO2. The van der Waals surface area contributed by atoms with Gasteiger partial charge in [0.2, 0.25) is 0 Å². The summed E-state index contributed by atoms with van der Waals surface area (Å²) >= 11 is 3.45. The van der Waals surface area contributed by atoms with Crippen LogP contribution >= 0.6 is 15.9 Å². The van der Waals surface area contributed by atoms with E-state index in [0.717, 1.165) is 35.2 Å². The van der Waals surface area contributed by atoms with Crippen LogP contribution in [0.15, 0.2) is 22.7 Å². The van der Waals surface area contributed by atoms with Crippen molar-refractivity contribution in [2.45, 2.75) is 43.9 Å². The van der Waals surface area contributed by atoms with Gasteiger partial charge < -0.3 is 14.7 Å². The summed E-state index contributed by atoms with van der Waals surface area (Å²) in [7, 11) is 2.15. The van der Waals surface area contributed by atoms with Gasteiger partial charge in [0.05, 0.1) is 6.10 Å². The fraction of sp³-hybridized carbons (Fsp3) is 0.600. The van der Waals surface area contributed by atoms with Crippen LogP contribution in [0, 0.1) is 0 Å². The lowest BCUT2D eigenvalue weighted by molar-refractivity contribution is -0.0645. The van der Waals surface area contributed by atoms with E-state index in [0.29, 0.717) is 12.5 Å². The molecule has 1 spiro atoms. The minimum atomic E-state index is -0.420. The number of rotatable bonds is 0. The van der Waals surface area contributed by atoms with Crippen LogP contribution in [0.1, 0.15) is 37.9 Å². The number of aliphatic hydroxyl groups excluding tert-OH is 1. The molecule has 4 heteroatoms. The van der Waals surface area contributed by atoms with Gasteiger partial charge in [-0.2, -0.15) is 0 Å². The molecule has 1 aromatic carbocycles. The van der Waals surface area contributed by atoms with E-state index in [9.17, 15) is 5.11 Å². The van der Waals surface area contributed by atoms with E-state index in [2.05, 4.69) is 34.8 Å². The Labute approximate surface area is 122 Å². The quantitative estimate of drug-likeness (QED) is 0.795. The molecule has 2 aliphatic rings. The standard InChI is InChI=1S/C15H20BrNO2/c1-10-8-15(5-6-17(10)2)9-13(18)12-7-11(16)3-4-14(12)19-15/h3-4,7,10,13,18H,5-6,8-9H2,1-2H3/t10?,13-,15?/m0/s1. The van der Waals surface area contributed by atoms with Crippen molar-refractivity contribution in [1.82, 2.24) is 4.90 Å². The largest absolute Gasteiger partial charge is 0.487 e. The van der Waals surface area contributed by atoms with Crippen LogP contribution in [0.4, 0.5) is 0 Å². The second-order valence-electron chi connectivity index (χ2n) is 5.97. The summed E-state index contributed by atoms with van der Waals surface area (Å²) in [4.78, 5) is 2.36. The van der Waals surface area contributed by atoms with E-state index in [1.54, 1.807) is 0 Å². The average Bonchev–Trinajstić information content (AvgIpc) is 2.36. The van der Waals surface area contributed by atoms with Gasteiger partial charge in [-0.3, -0.25) is 0 Å². The van der Waals surface area contributed by atoms with Crippen molar-refractivity contribution in [1.29, 1.82) is 0 Å². The van der Waals surface area contributed by atoms with Crippen LogP contribution in [0.3, 0.4) is 0 Å². The molecule has 0 amide bonds. The number of likely N-dealkylation sites (tertiary alicyclic amines) is 1. The molecular weight excluding hydrogens is 306 g/mol. The van der Waals surface area contributed by atoms with E-state index >= 15 is 0 Å². The van der Waals surface area contributed by atoms with Crippen LogP contribution in [0.25, 0.3) is 0 Å². The van der Waals surface area contributed by atoms with Gasteiger partial charge in [-0.05, 0) is 38.6 Å². The Morgan fingerprint density at radius 2 is 2.21 bits per heavy atom. The predicted octanol–water partition coefficient (Wildman–Crippen LogP) is 3.12. The molecule has 3 nitrogen and oxygen atoms in total. The second-order valence-corrected chi connectivity index (χ2v) is 6.89. The first kappa shape index (κ1) is 13.4. The number of hydrogen-bond donors (Lipinski definition) is 1. The van der Waals surface area contributed by atoms with Gasteiger partial charge in [-0.25, -0.2) is 0 Å². The first-order valence-corrected chi connectivity index (χ1v) is 7.65. The Balaban J connectivity index is 1.90. The van der Waals surface area contributed by atoms with Crippen molar-refractivity contribution in [3.63, 3.8) is 0 Å². The minimum Gasteiger partial charge on any atom is -0.487 e. The lowest BCUT2D eigenvalue weighted by atomic mass is 9.79. The van der Waals surface area contributed by atoms with Crippen LogP contribution in [-0.2, 0) is 0 Å². The highest BCUT2D eigenvalue weighted by atomic mass is 79.9. The summed E-state index contributed by atoms with van der Waals surface area (Å²) in [6.07, 6.45) is 2.25. The predicted molar refractivity (Wildman–Crippen MR) is 78.4 cm³/mol. The fourth-order valence-electron chi connectivity index (χ4n) is 3.28. The maximum absolute atomic E-state index is 10.4. The van der Waals surface area contributed by atoms with E-state index in [1.165, 1.54) is 0 Å². The van der Waals surface area contributed by atoms with Crippen LogP contribution < -0.4 is 4.74 Å². The SMILES string of the molecule is CC1CC2(CCN1C)C[C@H](O)c1cc(Br)ccc1O2. The molecule has 0 aliphatic carbocycles. The normalized spacial score (nSPS) is 34.9. The molecule has 3 rings (SSSR count). The van der Waals surface area contributed by atoms with E-state index in [-0.39, 0.29) is 5.60 Å². The molecule has 3 atom stereocenters. The van der Waals surface area contributed by atoms with Crippen molar-refractivity contribution in [3.05, 3.63) is 28.2 Å². The smallest absolute Gasteiger partial charge is 0.126 e. The molecule has 1 fully saturated rings. The van der Waals surface area contributed by atoms with Crippen LogP contribution in [0.5, 0.6) is 5.75 Å². The van der Waals surface area contributed by atoms with E-state index < -0.39 is 6.10 Å². The maximum atomic E-state index is 10.4. The lowest BCUT2D eigenvalue weighted by Crippen LogP contribution is -2.52.